The summed E-state index contributed by atoms with van der Waals surface area (Å²) in [6, 6.07) is 7.02. The second kappa shape index (κ2) is 9.30. The lowest BCUT2D eigenvalue weighted by molar-refractivity contribution is -0.137. The van der Waals surface area contributed by atoms with Crippen LogP contribution in [0.25, 0.3) is 0 Å². The number of nitrogens with one attached hydrogen (secondary N) is 1. The molecule has 1 aliphatic heterocycles. The van der Waals surface area contributed by atoms with E-state index in [1.165, 1.54) is 6.08 Å². The summed E-state index contributed by atoms with van der Waals surface area (Å²) in [5.74, 6) is 0.426. The molecule has 1 heterocycles. The average Bonchev–Trinajstić information content (AvgIpc) is 2.60. The molecule has 0 aliphatic carbocycles. The van der Waals surface area contributed by atoms with E-state index in [1.807, 2.05) is 0 Å². The second-order valence-corrected chi connectivity index (χ2v) is 5.77. The van der Waals surface area contributed by atoms with Crippen LogP contribution in [0, 0.1) is 0 Å². The number of amides is 2. The van der Waals surface area contributed by atoms with Crippen molar-refractivity contribution >= 4 is 23.4 Å². The first-order valence-electron chi connectivity index (χ1n) is 7.76. The van der Waals surface area contributed by atoms with Crippen LogP contribution < -0.4 is 10.1 Å². The molecule has 2 amide bonds. The third kappa shape index (κ3) is 5.86. The van der Waals surface area contributed by atoms with Crippen molar-refractivity contribution in [3.05, 3.63) is 41.9 Å². The first-order valence-corrected chi connectivity index (χ1v) is 8.14. The van der Waals surface area contributed by atoms with Crippen molar-refractivity contribution in [3.8, 4) is 5.75 Å². The van der Waals surface area contributed by atoms with Gasteiger partial charge in [-0.2, -0.15) is 0 Å². The number of nitrogens with zero attached hydrogens (tertiary/aromatic N) is 1. The summed E-state index contributed by atoms with van der Waals surface area (Å²) in [5, 5.41) is 3.42. The van der Waals surface area contributed by atoms with Crippen LogP contribution in [-0.2, 0) is 14.3 Å². The van der Waals surface area contributed by atoms with Crippen LogP contribution in [0.1, 0.15) is 6.42 Å². The summed E-state index contributed by atoms with van der Waals surface area (Å²) in [6.45, 7) is 5.58. The largest absolute Gasteiger partial charge is 0.492 e. The van der Waals surface area contributed by atoms with E-state index in [9.17, 15) is 9.59 Å². The Bertz CT molecular complexity index is 576. The fraction of sp³-hybridized carbons (Fsp3) is 0.412. The fourth-order valence-corrected chi connectivity index (χ4v) is 2.47. The Morgan fingerprint density at radius 3 is 2.88 bits per heavy atom. The molecule has 24 heavy (non-hydrogen) atoms. The number of halogens is 1. The second-order valence-electron chi connectivity index (χ2n) is 5.34. The number of benzene rings is 1. The summed E-state index contributed by atoms with van der Waals surface area (Å²) in [4.78, 5) is 25.2. The lowest BCUT2D eigenvalue weighted by Gasteiger charge is -2.32. The number of carbonyl (C=O) groups excluding carboxylic acids is 2. The molecule has 1 saturated heterocycles. The summed E-state index contributed by atoms with van der Waals surface area (Å²) in [7, 11) is 0. The van der Waals surface area contributed by atoms with Gasteiger partial charge in [0.1, 0.15) is 12.4 Å². The van der Waals surface area contributed by atoms with E-state index in [4.69, 9.17) is 21.1 Å². The normalized spacial score (nSPS) is 17.2. The minimum atomic E-state index is -0.292. The van der Waals surface area contributed by atoms with Crippen molar-refractivity contribution in [2.24, 2.45) is 0 Å². The van der Waals surface area contributed by atoms with Gasteiger partial charge in [-0.3, -0.25) is 9.59 Å². The molecule has 1 atom stereocenters. The fourth-order valence-electron chi connectivity index (χ4n) is 2.34. The van der Waals surface area contributed by atoms with Crippen LogP contribution in [0.3, 0.4) is 0 Å². The van der Waals surface area contributed by atoms with E-state index in [0.717, 1.165) is 0 Å². The van der Waals surface area contributed by atoms with Gasteiger partial charge in [-0.15, -0.1) is 0 Å². The number of hydrogen-bond acceptors (Lipinski definition) is 4. The molecule has 0 bridgehead atoms. The van der Waals surface area contributed by atoms with Crippen molar-refractivity contribution in [2.75, 3.05) is 32.8 Å². The average molecular weight is 353 g/mol. The molecule has 0 aromatic heterocycles. The Morgan fingerprint density at radius 2 is 2.17 bits per heavy atom. The zero-order chi connectivity index (χ0) is 17.4. The molecule has 1 aliphatic rings. The van der Waals surface area contributed by atoms with Gasteiger partial charge in [0.2, 0.25) is 11.8 Å². The molecule has 1 aromatic rings. The maximum absolute atomic E-state index is 11.9. The van der Waals surface area contributed by atoms with Crippen LogP contribution in [0.15, 0.2) is 36.9 Å². The Hall–Kier alpha value is -2.05. The first kappa shape index (κ1) is 18.3. The highest BCUT2D eigenvalue weighted by molar-refractivity contribution is 6.30. The molecule has 0 radical (unpaired) electrons. The zero-order valence-electron chi connectivity index (χ0n) is 13.4. The molecule has 1 aromatic carbocycles. The van der Waals surface area contributed by atoms with Crippen LogP contribution in [0.5, 0.6) is 5.75 Å². The third-order valence-electron chi connectivity index (χ3n) is 3.54. The van der Waals surface area contributed by atoms with Gasteiger partial charge in [-0.05, 0) is 30.3 Å². The van der Waals surface area contributed by atoms with E-state index in [1.54, 1.807) is 29.2 Å². The smallest absolute Gasteiger partial charge is 0.246 e. The van der Waals surface area contributed by atoms with Gasteiger partial charge < -0.3 is 19.7 Å². The van der Waals surface area contributed by atoms with Gasteiger partial charge in [0.15, 0.2) is 0 Å². The Labute approximate surface area is 146 Å². The number of rotatable bonds is 7. The molecule has 1 N–H and O–H groups in total. The van der Waals surface area contributed by atoms with Gasteiger partial charge in [0, 0.05) is 18.1 Å². The minimum Gasteiger partial charge on any atom is -0.492 e. The molecule has 0 saturated carbocycles. The molecule has 1 fully saturated rings. The molecular weight excluding hydrogens is 332 g/mol. The van der Waals surface area contributed by atoms with E-state index in [2.05, 4.69) is 11.9 Å². The van der Waals surface area contributed by atoms with Gasteiger partial charge in [-0.25, -0.2) is 0 Å². The number of ether oxygens (including phenoxy) is 2. The SMILES string of the molecule is C=CC(=O)N1CCO[C@H](CC(=O)NCCOc2ccc(Cl)cc2)C1. The summed E-state index contributed by atoms with van der Waals surface area (Å²) in [6.07, 6.45) is 1.19. The van der Waals surface area contributed by atoms with Gasteiger partial charge >= 0.3 is 0 Å². The standard InChI is InChI=1S/C17H21ClN2O4/c1-2-17(22)20-8-10-24-15(12-20)11-16(21)19-7-9-23-14-5-3-13(18)4-6-14/h2-6,15H,1,7-12H2,(H,19,21)/t15-/m1/s1. The molecule has 2 rings (SSSR count). The number of morpholine rings is 1. The van der Waals surface area contributed by atoms with Gasteiger partial charge in [0.25, 0.3) is 0 Å². The predicted molar refractivity (Wildman–Crippen MR) is 91.1 cm³/mol. The highest BCUT2D eigenvalue weighted by Gasteiger charge is 2.24. The number of hydrogen-bond donors (Lipinski definition) is 1. The predicted octanol–water partition coefficient (Wildman–Crippen LogP) is 1.64. The maximum atomic E-state index is 11.9. The van der Waals surface area contributed by atoms with E-state index in [0.29, 0.717) is 43.6 Å². The molecule has 7 heteroatoms. The monoisotopic (exact) mass is 352 g/mol. The first-order chi connectivity index (χ1) is 11.6. The van der Waals surface area contributed by atoms with Crippen molar-refractivity contribution in [1.82, 2.24) is 10.2 Å². The third-order valence-corrected chi connectivity index (χ3v) is 3.80. The summed E-state index contributed by atoms with van der Waals surface area (Å²) < 4.78 is 11.0. The Kier molecular flexibility index (Phi) is 7.08. The molecule has 6 nitrogen and oxygen atoms in total. The van der Waals surface area contributed by atoms with Crippen LogP contribution in [0.4, 0.5) is 0 Å². The Balaban J connectivity index is 1.65. The molecular formula is C17H21ClN2O4. The lowest BCUT2D eigenvalue weighted by Crippen LogP contribution is -2.46. The van der Waals surface area contributed by atoms with Crippen LogP contribution >= 0.6 is 11.6 Å². The van der Waals surface area contributed by atoms with E-state index < -0.39 is 0 Å². The topological polar surface area (TPSA) is 67.9 Å². The summed E-state index contributed by atoms with van der Waals surface area (Å²) in [5.41, 5.74) is 0. The van der Waals surface area contributed by atoms with Crippen molar-refractivity contribution in [2.45, 2.75) is 12.5 Å². The maximum Gasteiger partial charge on any atom is 0.246 e. The van der Waals surface area contributed by atoms with Crippen molar-refractivity contribution in [3.63, 3.8) is 0 Å². The van der Waals surface area contributed by atoms with Crippen LogP contribution in [-0.4, -0.2) is 55.7 Å². The molecule has 0 spiro atoms. The van der Waals surface area contributed by atoms with Crippen molar-refractivity contribution < 1.29 is 19.1 Å². The van der Waals surface area contributed by atoms with Crippen LogP contribution in [0.2, 0.25) is 5.02 Å². The van der Waals surface area contributed by atoms with Gasteiger partial charge in [-0.1, -0.05) is 18.2 Å². The quantitative estimate of drug-likeness (QED) is 0.598. The Morgan fingerprint density at radius 1 is 1.42 bits per heavy atom. The summed E-state index contributed by atoms with van der Waals surface area (Å²) >= 11 is 5.79. The van der Waals surface area contributed by atoms with E-state index >= 15 is 0 Å². The van der Waals surface area contributed by atoms with Crippen molar-refractivity contribution in [1.29, 1.82) is 0 Å². The lowest BCUT2D eigenvalue weighted by atomic mass is 10.2. The zero-order valence-corrected chi connectivity index (χ0v) is 14.1. The minimum absolute atomic E-state index is 0.132. The molecule has 130 valence electrons. The highest BCUT2D eigenvalue weighted by atomic mass is 35.5. The van der Waals surface area contributed by atoms with E-state index in [-0.39, 0.29) is 24.3 Å². The molecule has 0 unspecified atom stereocenters. The highest BCUT2D eigenvalue weighted by Crippen LogP contribution is 2.15. The van der Waals surface area contributed by atoms with Gasteiger partial charge in [0.05, 0.1) is 25.7 Å². The number of carbonyl (C=O) groups is 2.